The summed E-state index contributed by atoms with van der Waals surface area (Å²) >= 11 is 0. The molecule has 0 bridgehead atoms. The van der Waals surface area contributed by atoms with Crippen LogP contribution in [0.25, 0.3) is 10.8 Å². The fraction of sp³-hybridized carbons (Fsp3) is 0.120. The van der Waals surface area contributed by atoms with Gasteiger partial charge in [0, 0.05) is 0 Å². The van der Waals surface area contributed by atoms with Gasteiger partial charge < -0.3 is 10.8 Å². The molecule has 0 aromatic heterocycles. The average molecular weight is 490 g/mol. The Hall–Kier alpha value is -4.15. The normalized spacial score (nSPS) is 12.2. The Morgan fingerprint density at radius 1 is 0.743 bits per heavy atom. The first kappa shape index (κ1) is 24.0. The molecule has 0 spiro atoms. The molecule has 9 nitrogen and oxygen atoms in total. The first-order valence-corrected chi connectivity index (χ1v) is 12.0. The molecule has 0 saturated carbocycles. The van der Waals surface area contributed by atoms with Crippen molar-refractivity contribution in [2.75, 3.05) is 5.73 Å². The topological polar surface area (TPSA) is 150 Å². The van der Waals surface area contributed by atoms with Crippen LogP contribution in [-0.4, -0.2) is 18.1 Å². The number of nitrogen functional groups attached to an aromatic ring is 1. The number of phenolic OH excluding ortho intramolecular Hbond substituents is 1. The quantitative estimate of drug-likeness (QED) is 0.155. The van der Waals surface area contributed by atoms with Crippen molar-refractivity contribution in [3.63, 3.8) is 0 Å². The second-order valence-corrected chi connectivity index (χ2v) is 9.56. The first-order chi connectivity index (χ1) is 16.5. The number of anilines is 1. The maximum atomic E-state index is 12.1. The average Bonchev–Trinajstić information content (AvgIpc) is 2.79. The highest BCUT2D eigenvalue weighted by Crippen LogP contribution is 2.47. The summed E-state index contributed by atoms with van der Waals surface area (Å²) in [7, 11) is -4.70. The van der Waals surface area contributed by atoms with Gasteiger partial charge in [0.25, 0.3) is 10.1 Å². The highest BCUT2D eigenvalue weighted by atomic mass is 32.2. The molecule has 0 atom stereocenters. The van der Waals surface area contributed by atoms with Crippen LogP contribution in [0.4, 0.5) is 28.4 Å². The molecule has 0 saturated heterocycles. The summed E-state index contributed by atoms with van der Waals surface area (Å²) in [5, 5.41) is 27.9. The second-order valence-electron chi connectivity index (χ2n) is 8.17. The van der Waals surface area contributed by atoms with Crippen molar-refractivity contribution in [3.05, 3.63) is 77.4 Å². The van der Waals surface area contributed by atoms with Crippen molar-refractivity contribution in [2.45, 2.75) is 25.7 Å². The van der Waals surface area contributed by atoms with Crippen molar-refractivity contribution in [3.8, 4) is 5.75 Å². The number of phenols is 1. The standard InChI is InChI=1S/C25H23N5O4S/c1-14-4-8-18(9-5-14)27-29-23-16(3)12-17-13-20(35(32,33)34)24(22(26)21(17)25(23)31)30-28-19-10-6-15(2)7-11-19/h4-13,31H,26H2,1-3H3,(H,32,33,34). The monoisotopic (exact) mass is 489 g/mol. The van der Waals surface area contributed by atoms with E-state index in [1.165, 1.54) is 6.07 Å². The molecule has 0 heterocycles. The minimum Gasteiger partial charge on any atom is -0.505 e. The number of fused-ring (bicyclic) bond motifs is 1. The Kier molecular flexibility index (Phi) is 6.33. The number of nitrogens with two attached hydrogens (primary N) is 1. The molecule has 10 heteroatoms. The maximum absolute atomic E-state index is 12.1. The van der Waals surface area contributed by atoms with Crippen LogP contribution in [0.15, 0.2) is 86.0 Å². The van der Waals surface area contributed by atoms with Crippen LogP contribution in [0.5, 0.6) is 5.75 Å². The lowest BCUT2D eigenvalue weighted by molar-refractivity contribution is 0.480. The lowest BCUT2D eigenvalue weighted by Gasteiger charge is -2.13. The van der Waals surface area contributed by atoms with Crippen molar-refractivity contribution in [2.24, 2.45) is 20.5 Å². The maximum Gasteiger partial charge on any atom is 0.296 e. The predicted octanol–water partition coefficient (Wildman–Crippen LogP) is 7.13. The van der Waals surface area contributed by atoms with E-state index in [2.05, 4.69) is 20.5 Å². The van der Waals surface area contributed by atoms with E-state index in [1.807, 2.05) is 38.1 Å². The van der Waals surface area contributed by atoms with Crippen LogP contribution in [0, 0.1) is 20.8 Å². The largest absolute Gasteiger partial charge is 0.505 e. The van der Waals surface area contributed by atoms with Crippen LogP contribution in [0.3, 0.4) is 0 Å². The van der Waals surface area contributed by atoms with E-state index in [9.17, 15) is 18.1 Å². The van der Waals surface area contributed by atoms with Crippen molar-refractivity contribution >= 4 is 49.3 Å². The number of hydrogen-bond donors (Lipinski definition) is 3. The van der Waals surface area contributed by atoms with E-state index in [4.69, 9.17) is 5.73 Å². The zero-order chi connectivity index (χ0) is 25.3. The molecular weight excluding hydrogens is 466 g/mol. The van der Waals surface area contributed by atoms with Gasteiger partial charge in [-0.15, -0.1) is 10.2 Å². The van der Waals surface area contributed by atoms with Crippen LogP contribution in [0.2, 0.25) is 0 Å². The van der Waals surface area contributed by atoms with E-state index in [-0.39, 0.29) is 33.6 Å². The molecule has 4 aromatic rings. The van der Waals surface area contributed by atoms with Gasteiger partial charge in [-0.3, -0.25) is 4.55 Å². The number of nitrogens with zero attached hydrogens (tertiary/aromatic N) is 4. The molecule has 0 fully saturated rings. The lowest BCUT2D eigenvalue weighted by atomic mass is 10.0. The summed E-state index contributed by atoms with van der Waals surface area (Å²) in [5.41, 5.74) is 9.66. The summed E-state index contributed by atoms with van der Waals surface area (Å²) in [4.78, 5) is -0.522. The zero-order valence-corrected chi connectivity index (χ0v) is 20.1. The summed E-state index contributed by atoms with van der Waals surface area (Å²) < 4.78 is 34.1. The van der Waals surface area contributed by atoms with Crippen LogP contribution < -0.4 is 5.73 Å². The van der Waals surface area contributed by atoms with E-state index in [0.29, 0.717) is 16.9 Å². The Labute approximate surface area is 202 Å². The minimum absolute atomic E-state index is 0.124. The fourth-order valence-electron chi connectivity index (χ4n) is 3.54. The van der Waals surface area contributed by atoms with Crippen LogP contribution >= 0.6 is 0 Å². The Morgan fingerprint density at radius 3 is 1.71 bits per heavy atom. The van der Waals surface area contributed by atoms with Gasteiger partial charge in [-0.25, -0.2) is 0 Å². The third kappa shape index (κ3) is 5.03. The highest BCUT2D eigenvalue weighted by Gasteiger charge is 2.24. The molecule has 4 aromatic carbocycles. The summed E-state index contributed by atoms with van der Waals surface area (Å²) in [6, 6.07) is 17.2. The van der Waals surface area contributed by atoms with Gasteiger partial charge in [0.2, 0.25) is 0 Å². The SMILES string of the molecule is Cc1ccc(N=Nc2c(S(=O)(=O)O)cc3cc(C)c(N=Nc4ccc(C)cc4)c(O)c3c2N)cc1. The lowest BCUT2D eigenvalue weighted by Crippen LogP contribution is -2.02. The molecule has 4 rings (SSSR count). The molecular formula is C25H23N5O4S. The second kappa shape index (κ2) is 9.24. The van der Waals surface area contributed by atoms with Gasteiger partial charge in [0.05, 0.1) is 22.4 Å². The van der Waals surface area contributed by atoms with Crippen LogP contribution in [0.1, 0.15) is 16.7 Å². The van der Waals surface area contributed by atoms with Gasteiger partial charge in [-0.2, -0.15) is 18.6 Å². The van der Waals surface area contributed by atoms with Gasteiger partial charge in [-0.05, 0) is 68.1 Å². The van der Waals surface area contributed by atoms with Crippen molar-refractivity contribution in [1.82, 2.24) is 0 Å². The molecule has 0 unspecified atom stereocenters. The third-order valence-electron chi connectivity index (χ3n) is 5.42. The van der Waals surface area contributed by atoms with Crippen LogP contribution in [-0.2, 0) is 10.1 Å². The summed E-state index contributed by atoms with van der Waals surface area (Å²) in [6.45, 7) is 5.56. The van der Waals surface area contributed by atoms with E-state index < -0.39 is 15.0 Å². The zero-order valence-electron chi connectivity index (χ0n) is 19.3. The van der Waals surface area contributed by atoms with Gasteiger partial charge in [-0.1, -0.05) is 35.4 Å². The highest BCUT2D eigenvalue weighted by molar-refractivity contribution is 7.86. The van der Waals surface area contributed by atoms with Crippen molar-refractivity contribution in [1.29, 1.82) is 0 Å². The molecule has 0 aliphatic heterocycles. The molecule has 0 aliphatic rings. The summed E-state index contributed by atoms with van der Waals surface area (Å²) in [5.74, 6) is -0.290. The number of aryl methyl sites for hydroxylation is 3. The Bertz CT molecular complexity index is 1590. The summed E-state index contributed by atoms with van der Waals surface area (Å²) in [6.07, 6.45) is 0. The molecule has 4 N–H and O–H groups in total. The fourth-order valence-corrected chi connectivity index (χ4v) is 4.21. The molecule has 0 aliphatic carbocycles. The molecule has 0 amide bonds. The van der Waals surface area contributed by atoms with Gasteiger partial charge in [0.15, 0.2) is 5.75 Å². The molecule has 35 heavy (non-hydrogen) atoms. The first-order valence-electron chi connectivity index (χ1n) is 10.6. The van der Waals surface area contributed by atoms with Gasteiger partial charge in [0.1, 0.15) is 16.3 Å². The number of benzene rings is 4. The predicted molar refractivity (Wildman–Crippen MR) is 135 cm³/mol. The number of hydrogen-bond acceptors (Lipinski definition) is 8. The molecule has 0 radical (unpaired) electrons. The third-order valence-corrected chi connectivity index (χ3v) is 6.28. The molecule has 178 valence electrons. The van der Waals surface area contributed by atoms with E-state index in [0.717, 1.165) is 11.1 Å². The number of azo groups is 2. The number of rotatable bonds is 5. The van der Waals surface area contributed by atoms with E-state index in [1.54, 1.807) is 37.3 Å². The van der Waals surface area contributed by atoms with E-state index >= 15 is 0 Å². The van der Waals surface area contributed by atoms with Gasteiger partial charge >= 0.3 is 0 Å². The van der Waals surface area contributed by atoms with Crippen molar-refractivity contribution < 1.29 is 18.1 Å². The smallest absolute Gasteiger partial charge is 0.296 e. The minimum atomic E-state index is -4.70. The Balaban J connectivity index is 1.90. The number of aromatic hydroxyl groups is 1. The Morgan fingerprint density at radius 2 is 1.23 bits per heavy atom.